The molecule has 0 unspecified atom stereocenters. The summed E-state index contributed by atoms with van der Waals surface area (Å²) < 4.78 is 0.835. The van der Waals surface area contributed by atoms with Crippen molar-refractivity contribution < 1.29 is 9.59 Å². The van der Waals surface area contributed by atoms with Gasteiger partial charge in [-0.15, -0.1) is 6.58 Å². The number of pyridine rings is 1. The Kier molecular flexibility index (Phi) is 7.50. The van der Waals surface area contributed by atoms with E-state index in [2.05, 4.69) is 32.8 Å². The van der Waals surface area contributed by atoms with E-state index < -0.39 is 0 Å². The Bertz CT molecular complexity index is 750. The predicted octanol–water partition coefficient (Wildman–Crippen LogP) is 2.93. The Morgan fingerprint density at radius 2 is 1.92 bits per heavy atom. The van der Waals surface area contributed by atoms with Crippen LogP contribution >= 0.6 is 15.9 Å². The number of hydrogen-bond acceptors (Lipinski definition) is 4. The van der Waals surface area contributed by atoms with Crippen molar-refractivity contribution in [3.8, 4) is 0 Å². The maximum absolute atomic E-state index is 12.6. The van der Waals surface area contributed by atoms with E-state index in [1.54, 1.807) is 41.3 Å². The van der Waals surface area contributed by atoms with Gasteiger partial charge in [-0.3, -0.25) is 14.5 Å². The molecular formula is C19H21BrN4O2. The van der Waals surface area contributed by atoms with Gasteiger partial charge in [-0.1, -0.05) is 24.3 Å². The number of hydrogen-bond donors (Lipinski definition) is 1. The molecular weight excluding hydrogens is 396 g/mol. The average molecular weight is 417 g/mol. The highest BCUT2D eigenvalue weighted by Gasteiger charge is 2.17. The molecule has 0 saturated heterocycles. The van der Waals surface area contributed by atoms with Crippen LogP contribution in [0.15, 0.2) is 65.8 Å². The number of halogens is 1. The smallest absolute Gasteiger partial charge is 0.241 e. The second kappa shape index (κ2) is 9.84. The lowest BCUT2D eigenvalue weighted by Crippen LogP contribution is -2.41. The number of anilines is 2. The fraction of sp³-hybridized carbons (Fsp3) is 0.211. The Balaban J connectivity index is 1.91. The zero-order chi connectivity index (χ0) is 18.9. The molecule has 1 N–H and O–H groups in total. The van der Waals surface area contributed by atoms with Crippen LogP contribution < -0.4 is 10.2 Å². The number of carbonyl (C=O) groups excluding carboxylic acids is 2. The van der Waals surface area contributed by atoms with Gasteiger partial charge >= 0.3 is 0 Å². The van der Waals surface area contributed by atoms with E-state index >= 15 is 0 Å². The SMILES string of the molecule is C=CCN(C(=O)CN(C)CC(=O)Nc1ccc(Br)cn1)c1ccccc1. The van der Waals surface area contributed by atoms with Crippen molar-refractivity contribution in [3.05, 3.63) is 65.8 Å². The molecule has 0 bridgehead atoms. The summed E-state index contributed by atoms with van der Waals surface area (Å²) in [5, 5.41) is 2.71. The second-order valence-corrected chi connectivity index (χ2v) is 6.63. The molecule has 1 aromatic heterocycles. The molecule has 6 nitrogen and oxygen atoms in total. The summed E-state index contributed by atoms with van der Waals surface area (Å²) in [6.45, 7) is 4.31. The van der Waals surface area contributed by atoms with Crippen molar-refractivity contribution in [3.63, 3.8) is 0 Å². The van der Waals surface area contributed by atoms with Gasteiger partial charge < -0.3 is 10.2 Å². The van der Waals surface area contributed by atoms with Crippen LogP contribution in [-0.2, 0) is 9.59 Å². The Morgan fingerprint density at radius 1 is 1.19 bits per heavy atom. The molecule has 0 atom stereocenters. The van der Waals surface area contributed by atoms with E-state index in [1.165, 1.54) is 0 Å². The lowest BCUT2D eigenvalue weighted by atomic mass is 10.2. The van der Waals surface area contributed by atoms with Crippen molar-refractivity contribution in [1.29, 1.82) is 0 Å². The summed E-state index contributed by atoms with van der Waals surface area (Å²) in [5.41, 5.74) is 0.800. The third kappa shape index (κ3) is 6.09. The topological polar surface area (TPSA) is 65.5 Å². The monoisotopic (exact) mass is 416 g/mol. The fourth-order valence-electron chi connectivity index (χ4n) is 2.34. The van der Waals surface area contributed by atoms with Crippen molar-refractivity contribution in [2.24, 2.45) is 0 Å². The highest BCUT2D eigenvalue weighted by atomic mass is 79.9. The van der Waals surface area contributed by atoms with Gasteiger partial charge in [0.15, 0.2) is 0 Å². The van der Waals surface area contributed by atoms with Crippen molar-refractivity contribution in [2.75, 3.05) is 36.9 Å². The molecule has 2 rings (SSSR count). The van der Waals surface area contributed by atoms with Crippen LogP contribution in [0.1, 0.15) is 0 Å². The van der Waals surface area contributed by atoms with E-state index in [0.29, 0.717) is 12.4 Å². The highest BCUT2D eigenvalue weighted by molar-refractivity contribution is 9.10. The van der Waals surface area contributed by atoms with Gasteiger partial charge in [0.05, 0.1) is 13.1 Å². The minimum Gasteiger partial charge on any atom is -0.310 e. The summed E-state index contributed by atoms with van der Waals surface area (Å²) in [7, 11) is 1.73. The fourth-order valence-corrected chi connectivity index (χ4v) is 2.57. The van der Waals surface area contributed by atoms with Gasteiger partial charge in [-0.2, -0.15) is 0 Å². The van der Waals surface area contributed by atoms with Gasteiger partial charge in [0, 0.05) is 22.9 Å². The minimum atomic E-state index is -0.231. The van der Waals surface area contributed by atoms with Crippen LogP contribution in [0.3, 0.4) is 0 Å². The molecule has 0 fully saturated rings. The second-order valence-electron chi connectivity index (χ2n) is 5.71. The quantitative estimate of drug-likeness (QED) is 0.671. The van der Waals surface area contributed by atoms with Crippen LogP contribution in [0, 0.1) is 0 Å². The van der Waals surface area contributed by atoms with Gasteiger partial charge in [-0.05, 0) is 47.2 Å². The number of nitrogens with zero attached hydrogens (tertiary/aromatic N) is 3. The van der Waals surface area contributed by atoms with Gasteiger partial charge in [0.2, 0.25) is 11.8 Å². The van der Waals surface area contributed by atoms with Crippen LogP contribution in [0.5, 0.6) is 0 Å². The van der Waals surface area contributed by atoms with E-state index in [4.69, 9.17) is 0 Å². The number of nitrogens with one attached hydrogen (secondary N) is 1. The molecule has 1 aromatic carbocycles. The van der Waals surface area contributed by atoms with Crippen LogP contribution in [-0.4, -0.2) is 48.4 Å². The Hall–Kier alpha value is -2.51. The highest BCUT2D eigenvalue weighted by Crippen LogP contribution is 2.14. The van der Waals surface area contributed by atoms with E-state index in [1.807, 2.05) is 30.3 Å². The summed E-state index contributed by atoms with van der Waals surface area (Å²) in [4.78, 5) is 32.1. The number of benzene rings is 1. The van der Waals surface area contributed by atoms with Crippen molar-refractivity contribution in [1.82, 2.24) is 9.88 Å². The largest absolute Gasteiger partial charge is 0.310 e. The zero-order valence-corrected chi connectivity index (χ0v) is 16.1. The molecule has 26 heavy (non-hydrogen) atoms. The third-order valence-corrected chi connectivity index (χ3v) is 3.96. The maximum atomic E-state index is 12.6. The molecule has 0 spiro atoms. The van der Waals surface area contributed by atoms with E-state index in [9.17, 15) is 9.59 Å². The molecule has 2 amide bonds. The summed E-state index contributed by atoms with van der Waals surface area (Å²) in [6, 6.07) is 12.9. The molecule has 7 heteroatoms. The number of para-hydroxylation sites is 1. The van der Waals surface area contributed by atoms with Crippen LogP contribution in [0.4, 0.5) is 11.5 Å². The standard InChI is InChI=1S/C19H21BrN4O2/c1-3-11-24(16-7-5-4-6-8-16)19(26)14-23(2)13-18(25)22-17-10-9-15(20)12-21-17/h3-10,12H,1,11,13-14H2,2H3,(H,21,22,25). The summed E-state index contributed by atoms with van der Waals surface area (Å²) in [6.07, 6.45) is 3.28. The van der Waals surface area contributed by atoms with Crippen LogP contribution in [0.25, 0.3) is 0 Å². The molecule has 0 radical (unpaired) electrons. The lowest BCUT2D eigenvalue weighted by molar-refractivity contribution is -0.120. The molecule has 0 aliphatic rings. The lowest BCUT2D eigenvalue weighted by Gasteiger charge is -2.24. The predicted molar refractivity (Wildman–Crippen MR) is 107 cm³/mol. The number of aromatic nitrogens is 1. The van der Waals surface area contributed by atoms with Gasteiger partial charge in [-0.25, -0.2) is 4.98 Å². The number of amides is 2. The Morgan fingerprint density at radius 3 is 2.54 bits per heavy atom. The molecule has 0 saturated carbocycles. The first-order chi connectivity index (χ1) is 12.5. The first-order valence-electron chi connectivity index (χ1n) is 8.06. The number of rotatable bonds is 8. The Labute approximate surface area is 161 Å². The van der Waals surface area contributed by atoms with Crippen molar-refractivity contribution >= 4 is 39.2 Å². The first kappa shape index (κ1) is 19.8. The van der Waals surface area contributed by atoms with Gasteiger partial charge in [0.25, 0.3) is 0 Å². The molecule has 0 aliphatic heterocycles. The van der Waals surface area contributed by atoms with Gasteiger partial charge in [0.1, 0.15) is 5.82 Å². The minimum absolute atomic E-state index is 0.0835. The third-order valence-electron chi connectivity index (χ3n) is 3.49. The van der Waals surface area contributed by atoms with E-state index in [0.717, 1.165) is 10.2 Å². The number of likely N-dealkylation sites (N-methyl/N-ethyl adjacent to an activating group) is 1. The average Bonchev–Trinajstić information content (AvgIpc) is 2.62. The first-order valence-corrected chi connectivity index (χ1v) is 8.85. The molecule has 1 heterocycles. The maximum Gasteiger partial charge on any atom is 0.241 e. The summed E-state index contributed by atoms with van der Waals surface area (Å²) in [5.74, 6) is 0.133. The molecule has 0 aliphatic carbocycles. The molecule has 2 aromatic rings. The molecule has 136 valence electrons. The number of carbonyl (C=O) groups is 2. The van der Waals surface area contributed by atoms with Crippen LogP contribution in [0.2, 0.25) is 0 Å². The van der Waals surface area contributed by atoms with Crippen molar-refractivity contribution in [2.45, 2.75) is 0 Å². The van der Waals surface area contributed by atoms with E-state index in [-0.39, 0.29) is 24.9 Å². The summed E-state index contributed by atoms with van der Waals surface area (Å²) >= 11 is 3.29. The zero-order valence-electron chi connectivity index (χ0n) is 14.6. The normalized spacial score (nSPS) is 10.4.